The van der Waals surface area contributed by atoms with E-state index in [-0.39, 0.29) is 0 Å². The predicted molar refractivity (Wildman–Crippen MR) is 50.6 cm³/mol. The molecule has 0 saturated carbocycles. The van der Waals surface area contributed by atoms with Crippen LogP contribution in [0.15, 0.2) is 18.3 Å². The zero-order valence-electron chi connectivity index (χ0n) is 7.36. The fourth-order valence-corrected chi connectivity index (χ4v) is 1.19. The molecule has 0 unspecified atom stereocenters. The Morgan fingerprint density at radius 1 is 1.69 bits per heavy atom. The average molecular weight is 179 g/mol. The Morgan fingerprint density at radius 2 is 2.54 bits per heavy atom. The minimum atomic E-state index is 0.474. The van der Waals surface area contributed by atoms with Crippen molar-refractivity contribution in [3.8, 4) is 5.88 Å². The molecule has 1 aromatic heterocycles. The van der Waals surface area contributed by atoms with E-state index in [9.17, 15) is 0 Å². The first-order valence-corrected chi connectivity index (χ1v) is 4.43. The SMILES string of the molecule is Nc1cccnc1OC[C@@H]1CCN1. The van der Waals surface area contributed by atoms with Crippen molar-refractivity contribution < 1.29 is 4.74 Å². The number of nitrogens with two attached hydrogens (primary N) is 1. The predicted octanol–water partition coefficient (Wildman–Crippen LogP) is 0.404. The fourth-order valence-electron chi connectivity index (χ4n) is 1.19. The lowest BCUT2D eigenvalue weighted by atomic mass is 10.1. The van der Waals surface area contributed by atoms with E-state index in [2.05, 4.69) is 10.3 Å². The number of nitrogens with zero attached hydrogens (tertiary/aromatic N) is 1. The maximum Gasteiger partial charge on any atom is 0.237 e. The molecule has 0 amide bonds. The lowest BCUT2D eigenvalue weighted by Gasteiger charge is -2.27. The van der Waals surface area contributed by atoms with Gasteiger partial charge in [-0.05, 0) is 25.1 Å². The van der Waals surface area contributed by atoms with Crippen LogP contribution in [0.3, 0.4) is 0 Å². The maximum absolute atomic E-state index is 5.66. The van der Waals surface area contributed by atoms with Crippen LogP contribution in [0.2, 0.25) is 0 Å². The van der Waals surface area contributed by atoms with Crippen molar-refractivity contribution in [2.45, 2.75) is 12.5 Å². The Morgan fingerprint density at radius 3 is 3.15 bits per heavy atom. The number of ether oxygens (including phenoxy) is 1. The van der Waals surface area contributed by atoms with Crippen molar-refractivity contribution in [2.24, 2.45) is 0 Å². The van der Waals surface area contributed by atoms with Crippen molar-refractivity contribution in [3.05, 3.63) is 18.3 Å². The molecule has 3 N–H and O–H groups in total. The van der Waals surface area contributed by atoms with Gasteiger partial charge in [0.15, 0.2) is 0 Å². The van der Waals surface area contributed by atoms with Crippen molar-refractivity contribution in [2.75, 3.05) is 18.9 Å². The molecule has 1 atom stereocenters. The third-order valence-electron chi connectivity index (χ3n) is 2.15. The van der Waals surface area contributed by atoms with Crippen molar-refractivity contribution in [1.29, 1.82) is 0 Å². The van der Waals surface area contributed by atoms with Crippen LogP contribution in [-0.4, -0.2) is 24.2 Å². The molecule has 1 aromatic rings. The second-order valence-corrected chi connectivity index (χ2v) is 3.15. The van der Waals surface area contributed by atoms with Crippen LogP contribution < -0.4 is 15.8 Å². The topological polar surface area (TPSA) is 60.2 Å². The highest BCUT2D eigenvalue weighted by atomic mass is 16.5. The van der Waals surface area contributed by atoms with Crippen LogP contribution in [0.5, 0.6) is 5.88 Å². The van der Waals surface area contributed by atoms with Crippen molar-refractivity contribution >= 4 is 5.69 Å². The van der Waals surface area contributed by atoms with Gasteiger partial charge < -0.3 is 15.8 Å². The lowest BCUT2D eigenvalue weighted by Crippen LogP contribution is -2.46. The third kappa shape index (κ3) is 1.89. The summed E-state index contributed by atoms with van der Waals surface area (Å²) in [5.41, 5.74) is 6.26. The molecular weight excluding hydrogens is 166 g/mol. The van der Waals surface area contributed by atoms with E-state index in [1.54, 1.807) is 18.3 Å². The number of rotatable bonds is 3. The largest absolute Gasteiger partial charge is 0.475 e. The Hall–Kier alpha value is -1.29. The monoisotopic (exact) mass is 179 g/mol. The van der Waals surface area contributed by atoms with Crippen molar-refractivity contribution in [3.63, 3.8) is 0 Å². The van der Waals surface area contributed by atoms with E-state index in [1.807, 2.05) is 0 Å². The van der Waals surface area contributed by atoms with Crippen LogP contribution in [0.25, 0.3) is 0 Å². The summed E-state index contributed by atoms with van der Waals surface area (Å²) in [6.07, 6.45) is 2.85. The molecule has 1 fully saturated rings. The Labute approximate surface area is 77.1 Å². The Kier molecular flexibility index (Phi) is 2.31. The number of nitrogens with one attached hydrogen (secondary N) is 1. The first-order valence-electron chi connectivity index (χ1n) is 4.43. The summed E-state index contributed by atoms with van der Waals surface area (Å²) in [5, 5.41) is 3.24. The molecule has 4 heteroatoms. The fraction of sp³-hybridized carbons (Fsp3) is 0.444. The molecule has 0 radical (unpaired) electrons. The smallest absolute Gasteiger partial charge is 0.237 e. The van der Waals surface area contributed by atoms with Gasteiger partial charge in [0.2, 0.25) is 5.88 Å². The average Bonchev–Trinajstić information content (AvgIpc) is 2.05. The van der Waals surface area contributed by atoms with Crippen LogP contribution in [0.1, 0.15) is 6.42 Å². The van der Waals surface area contributed by atoms with E-state index < -0.39 is 0 Å². The van der Waals surface area contributed by atoms with Gasteiger partial charge in [-0.3, -0.25) is 0 Å². The molecule has 1 aliphatic rings. The van der Waals surface area contributed by atoms with Crippen LogP contribution >= 0.6 is 0 Å². The van der Waals surface area contributed by atoms with Crippen molar-refractivity contribution in [1.82, 2.24) is 10.3 Å². The molecule has 1 saturated heterocycles. The molecule has 1 aliphatic heterocycles. The van der Waals surface area contributed by atoms with Crippen LogP contribution in [0.4, 0.5) is 5.69 Å². The molecule has 2 heterocycles. The Balaban J connectivity index is 1.89. The van der Waals surface area contributed by atoms with Gasteiger partial charge in [0.25, 0.3) is 0 Å². The summed E-state index contributed by atoms with van der Waals surface area (Å²) in [4.78, 5) is 4.03. The summed E-state index contributed by atoms with van der Waals surface area (Å²) in [7, 11) is 0. The van der Waals surface area contributed by atoms with Gasteiger partial charge in [0.05, 0.1) is 5.69 Å². The van der Waals surface area contributed by atoms with Gasteiger partial charge in [-0.25, -0.2) is 4.98 Å². The van der Waals surface area contributed by atoms with E-state index >= 15 is 0 Å². The number of pyridine rings is 1. The second-order valence-electron chi connectivity index (χ2n) is 3.15. The van der Waals surface area contributed by atoms with E-state index in [4.69, 9.17) is 10.5 Å². The first kappa shape index (κ1) is 8.31. The number of hydrogen-bond acceptors (Lipinski definition) is 4. The molecule has 0 spiro atoms. The highest BCUT2D eigenvalue weighted by Crippen LogP contribution is 2.16. The van der Waals surface area contributed by atoms with Gasteiger partial charge >= 0.3 is 0 Å². The zero-order valence-corrected chi connectivity index (χ0v) is 7.36. The standard InChI is InChI=1S/C9H13N3O/c10-8-2-1-4-12-9(8)13-6-7-3-5-11-7/h1-2,4,7,11H,3,5-6,10H2/t7-/m0/s1. The Bertz CT molecular complexity index is 286. The minimum Gasteiger partial charge on any atom is -0.475 e. The summed E-state index contributed by atoms with van der Waals surface area (Å²) in [6, 6.07) is 4.06. The highest BCUT2D eigenvalue weighted by molar-refractivity contribution is 5.46. The van der Waals surface area contributed by atoms with Crippen LogP contribution in [-0.2, 0) is 0 Å². The minimum absolute atomic E-state index is 0.474. The number of nitrogen functional groups attached to an aromatic ring is 1. The first-order chi connectivity index (χ1) is 6.36. The van der Waals surface area contributed by atoms with Gasteiger partial charge in [0.1, 0.15) is 6.61 Å². The second kappa shape index (κ2) is 3.62. The maximum atomic E-state index is 5.66. The van der Waals surface area contributed by atoms with Crippen LogP contribution in [0, 0.1) is 0 Å². The quantitative estimate of drug-likeness (QED) is 0.705. The van der Waals surface area contributed by atoms with Gasteiger partial charge in [-0.1, -0.05) is 0 Å². The number of hydrogen-bond donors (Lipinski definition) is 2. The van der Waals surface area contributed by atoms with Gasteiger partial charge in [-0.2, -0.15) is 0 Å². The zero-order chi connectivity index (χ0) is 9.10. The van der Waals surface area contributed by atoms with E-state index in [0.717, 1.165) is 6.54 Å². The number of aromatic nitrogens is 1. The summed E-state index contributed by atoms with van der Waals surface area (Å²) < 4.78 is 5.44. The molecule has 70 valence electrons. The molecule has 2 rings (SSSR count). The van der Waals surface area contributed by atoms with E-state index in [1.165, 1.54) is 6.42 Å². The molecule has 4 nitrogen and oxygen atoms in total. The summed E-state index contributed by atoms with van der Waals surface area (Å²) >= 11 is 0. The normalized spacial score (nSPS) is 20.8. The molecule has 0 aromatic carbocycles. The lowest BCUT2D eigenvalue weighted by molar-refractivity contribution is 0.212. The summed E-state index contributed by atoms with van der Waals surface area (Å²) in [5.74, 6) is 0.538. The highest BCUT2D eigenvalue weighted by Gasteiger charge is 2.17. The molecular formula is C9H13N3O. The summed E-state index contributed by atoms with van der Waals surface area (Å²) in [6.45, 7) is 1.74. The molecule has 0 aliphatic carbocycles. The van der Waals surface area contributed by atoms with Gasteiger partial charge in [-0.15, -0.1) is 0 Å². The molecule has 0 bridgehead atoms. The molecule has 13 heavy (non-hydrogen) atoms. The van der Waals surface area contributed by atoms with Gasteiger partial charge in [0, 0.05) is 12.2 Å². The van der Waals surface area contributed by atoms with E-state index in [0.29, 0.717) is 24.2 Å². The third-order valence-corrected chi connectivity index (χ3v) is 2.15. The number of anilines is 1.